The molecule has 0 radical (unpaired) electrons. The number of hydrogen-bond donors (Lipinski definition) is 2. The van der Waals surface area contributed by atoms with Crippen LogP contribution in [-0.2, 0) is 21.1 Å². The largest absolute Gasteiger partial charge is 0.481 e. The maximum atomic E-state index is 10.6. The van der Waals surface area contributed by atoms with Crippen LogP contribution in [0.4, 0.5) is 5.69 Å². The average Bonchev–Trinajstić information content (AvgIpc) is 2.51. The lowest BCUT2D eigenvalue weighted by molar-refractivity contribution is -0.384. The smallest absolute Gasteiger partial charge is 0.312 e. The Kier molecular flexibility index (Phi) is 8.11. The summed E-state index contributed by atoms with van der Waals surface area (Å²) in [6.45, 7) is -2.19. The zero-order chi connectivity index (χ0) is 17.3. The number of nitrogens with one attached hydrogen (secondary N) is 1. The monoisotopic (exact) mass is 362 g/mol. The number of nitrogens with zero attached hydrogens (tertiary/aromatic N) is 1. The van der Waals surface area contributed by atoms with Crippen molar-refractivity contribution in [3.8, 4) is 5.75 Å². The van der Waals surface area contributed by atoms with Gasteiger partial charge in [-0.25, -0.2) is 5.09 Å². The first kappa shape index (κ1) is 19.5. The van der Waals surface area contributed by atoms with Gasteiger partial charge in [0.05, 0.1) is 4.92 Å². The molecule has 0 aliphatic carbocycles. The Morgan fingerprint density at radius 1 is 1.35 bits per heavy atom. The summed E-state index contributed by atoms with van der Waals surface area (Å²) in [5.74, 6) is -0.416. The van der Waals surface area contributed by atoms with Gasteiger partial charge < -0.3 is 14.2 Å². The number of benzene rings is 1. The van der Waals surface area contributed by atoms with Gasteiger partial charge in [-0.05, 0) is 36.8 Å². The van der Waals surface area contributed by atoms with Gasteiger partial charge >= 0.3 is 12.6 Å². The highest BCUT2D eigenvalue weighted by atomic mass is 32.5. The first-order valence-corrected chi connectivity index (χ1v) is 9.57. The van der Waals surface area contributed by atoms with Gasteiger partial charge in [0.15, 0.2) is 0 Å². The minimum atomic E-state index is -2.73. The number of carbonyl (C=O) groups is 1. The lowest BCUT2D eigenvalue weighted by Crippen LogP contribution is -2.16. The summed E-state index contributed by atoms with van der Waals surface area (Å²) in [6.07, 6.45) is 2.27. The molecular formula is C13H19N2O6PS. The normalized spacial score (nSPS) is 13.3. The van der Waals surface area contributed by atoms with E-state index in [0.29, 0.717) is 18.7 Å². The fourth-order valence-corrected chi connectivity index (χ4v) is 3.33. The van der Waals surface area contributed by atoms with Gasteiger partial charge in [-0.15, -0.1) is 0 Å². The number of nitro benzene ring substituents is 1. The zero-order valence-corrected chi connectivity index (χ0v) is 14.3. The van der Waals surface area contributed by atoms with E-state index < -0.39 is 17.5 Å². The van der Waals surface area contributed by atoms with Crippen molar-refractivity contribution >= 4 is 30.1 Å². The van der Waals surface area contributed by atoms with E-state index in [9.17, 15) is 14.9 Å². The molecule has 0 saturated carbocycles. The summed E-state index contributed by atoms with van der Waals surface area (Å²) in [7, 11) is 1.43. The molecule has 0 bridgehead atoms. The minimum Gasteiger partial charge on any atom is -0.481 e. The Morgan fingerprint density at radius 2 is 2.00 bits per heavy atom. The van der Waals surface area contributed by atoms with Crippen molar-refractivity contribution in [1.29, 1.82) is 0 Å². The van der Waals surface area contributed by atoms with Gasteiger partial charge in [-0.1, -0.05) is 6.42 Å². The lowest BCUT2D eigenvalue weighted by atomic mass is 10.2. The number of nitro groups is 1. The van der Waals surface area contributed by atoms with E-state index in [-0.39, 0.29) is 12.1 Å². The van der Waals surface area contributed by atoms with Crippen molar-refractivity contribution < 1.29 is 23.9 Å². The Hall–Kier alpha value is -1.54. The van der Waals surface area contributed by atoms with Crippen molar-refractivity contribution in [2.75, 3.05) is 13.7 Å². The molecule has 8 nitrogen and oxygen atoms in total. The molecular weight excluding hydrogens is 343 g/mol. The topological polar surface area (TPSA) is 111 Å². The molecule has 0 amide bonds. The predicted molar refractivity (Wildman–Crippen MR) is 89.1 cm³/mol. The summed E-state index contributed by atoms with van der Waals surface area (Å²) in [5.41, 5.74) is -0.0329. The maximum absolute atomic E-state index is 10.6. The molecule has 0 heterocycles. The molecule has 0 aromatic heterocycles. The summed E-state index contributed by atoms with van der Waals surface area (Å²) in [6, 6.07) is 5.59. The molecule has 1 unspecified atom stereocenters. The molecule has 1 aromatic rings. The molecule has 1 aromatic carbocycles. The third kappa shape index (κ3) is 7.51. The van der Waals surface area contributed by atoms with Crippen LogP contribution in [0.5, 0.6) is 5.75 Å². The van der Waals surface area contributed by atoms with Gasteiger partial charge in [0.25, 0.3) is 5.69 Å². The van der Waals surface area contributed by atoms with Crippen LogP contribution in [0.3, 0.4) is 0 Å². The Morgan fingerprint density at radius 3 is 2.52 bits per heavy atom. The Labute approximate surface area is 139 Å². The average molecular weight is 362 g/mol. The van der Waals surface area contributed by atoms with Crippen LogP contribution < -0.4 is 9.61 Å². The van der Waals surface area contributed by atoms with E-state index in [1.807, 2.05) is 0 Å². The highest BCUT2D eigenvalue weighted by Crippen LogP contribution is 2.43. The Bertz CT molecular complexity index is 580. The highest BCUT2D eigenvalue weighted by Gasteiger charge is 2.18. The van der Waals surface area contributed by atoms with E-state index in [2.05, 4.69) is 5.09 Å². The van der Waals surface area contributed by atoms with Crippen LogP contribution in [0.2, 0.25) is 0 Å². The third-order valence-corrected chi connectivity index (χ3v) is 5.49. The summed E-state index contributed by atoms with van der Waals surface area (Å²) in [5, 5.41) is 22.2. The summed E-state index contributed by atoms with van der Waals surface area (Å²) in [4.78, 5) is 20.5. The van der Waals surface area contributed by atoms with Crippen molar-refractivity contribution in [3.05, 3.63) is 34.4 Å². The molecule has 10 heteroatoms. The van der Waals surface area contributed by atoms with E-state index in [4.69, 9.17) is 26.0 Å². The van der Waals surface area contributed by atoms with Crippen molar-refractivity contribution in [2.45, 2.75) is 25.7 Å². The molecule has 0 spiro atoms. The number of aliphatic carboxylic acids is 1. The van der Waals surface area contributed by atoms with Gasteiger partial charge in [-0.2, -0.15) is 0 Å². The third-order valence-electron chi connectivity index (χ3n) is 2.89. The van der Waals surface area contributed by atoms with Crippen LogP contribution in [0, 0.1) is 10.1 Å². The SMILES string of the molecule is COP(=S)(NCCCCCC(=O)O)Oc1ccc([N+](=O)[O-])cc1. The summed E-state index contributed by atoms with van der Waals surface area (Å²) < 4.78 is 10.8. The molecule has 1 atom stereocenters. The first-order valence-electron chi connectivity index (χ1n) is 6.93. The van der Waals surface area contributed by atoms with Crippen LogP contribution in [-0.4, -0.2) is 29.7 Å². The predicted octanol–water partition coefficient (Wildman–Crippen LogP) is 3.08. The van der Waals surface area contributed by atoms with E-state index >= 15 is 0 Å². The maximum Gasteiger partial charge on any atom is 0.312 e. The van der Waals surface area contributed by atoms with E-state index in [0.717, 1.165) is 12.8 Å². The van der Waals surface area contributed by atoms with Crippen LogP contribution >= 0.6 is 6.64 Å². The molecule has 0 saturated heterocycles. The number of carboxylic acids is 1. The van der Waals surface area contributed by atoms with Crippen LogP contribution in [0.25, 0.3) is 0 Å². The van der Waals surface area contributed by atoms with E-state index in [1.165, 1.54) is 31.4 Å². The molecule has 1 rings (SSSR count). The molecule has 0 fully saturated rings. The Balaban J connectivity index is 2.45. The zero-order valence-electron chi connectivity index (χ0n) is 12.6. The van der Waals surface area contributed by atoms with Gasteiger partial charge in [0.2, 0.25) is 0 Å². The van der Waals surface area contributed by atoms with Gasteiger partial charge in [0, 0.05) is 32.2 Å². The minimum absolute atomic E-state index is 0.0329. The second-order valence-corrected chi connectivity index (χ2v) is 7.94. The first-order chi connectivity index (χ1) is 10.9. The number of unbranched alkanes of at least 4 members (excludes halogenated alkanes) is 2. The molecule has 2 N–H and O–H groups in total. The van der Waals surface area contributed by atoms with E-state index in [1.54, 1.807) is 0 Å². The van der Waals surface area contributed by atoms with Crippen LogP contribution in [0.15, 0.2) is 24.3 Å². The van der Waals surface area contributed by atoms with Crippen molar-refractivity contribution in [2.24, 2.45) is 0 Å². The van der Waals surface area contributed by atoms with Crippen LogP contribution in [0.1, 0.15) is 25.7 Å². The highest BCUT2D eigenvalue weighted by molar-refractivity contribution is 8.09. The second kappa shape index (κ2) is 9.57. The number of hydrogen-bond acceptors (Lipinski definition) is 6. The van der Waals surface area contributed by atoms with Gasteiger partial charge in [0.1, 0.15) is 5.75 Å². The number of rotatable bonds is 11. The number of non-ortho nitro benzene ring substituents is 1. The van der Waals surface area contributed by atoms with Crippen molar-refractivity contribution in [1.82, 2.24) is 5.09 Å². The fraction of sp³-hybridized carbons (Fsp3) is 0.462. The molecule has 0 aliphatic rings. The summed E-state index contributed by atoms with van der Waals surface area (Å²) >= 11 is 5.32. The molecule has 23 heavy (non-hydrogen) atoms. The lowest BCUT2D eigenvalue weighted by Gasteiger charge is -2.21. The molecule has 128 valence electrons. The fourth-order valence-electron chi connectivity index (χ4n) is 1.70. The molecule has 0 aliphatic heterocycles. The second-order valence-electron chi connectivity index (χ2n) is 4.63. The standard InChI is InChI=1S/C13H19N2O6PS/c1-20-22(23,14-10-4-2-3-5-13(16)17)21-12-8-6-11(7-9-12)15(18)19/h6-9H,2-5,10H2,1H3,(H,14,23)(H,16,17). The van der Waals surface area contributed by atoms with Crippen molar-refractivity contribution in [3.63, 3.8) is 0 Å². The van der Waals surface area contributed by atoms with Gasteiger partial charge in [-0.3, -0.25) is 14.9 Å². The quantitative estimate of drug-likeness (QED) is 0.267. The number of carboxylic acid groups (broad SMARTS) is 1.